The van der Waals surface area contributed by atoms with Crippen molar-refractivity contribution < 1.29 is 23.9 Å². The molecule has 354 valence electrons. The van der Waals surface area contributed by atoms with Crippen LogP contribution in [0.5, 0.6) is 5.75 Å². The molecule has 3 spiro atoms. The molecule has 1 N–H and O–H groups in total. The number of benzene rings is 3. The minimum atomic E-state index is -0.634. The number of nitrogens with one attached hydrogen (secondary N) is 1. The average molecular weight is 939 g/mol. The molecule has 4 aromatic rings. The van der Waals surface area contributed by atoms with Gasteiger partial charge in [0, 0.05) is 53.1 Å². The van der Waals surface area contributed by atoms with Crippen LogP contribution in [0.3, 0.4) is 0 Å². The normalized spacial score (nSPS) is 25.4. The number of piperidine rings is 3. The summed E-state index contributed by atoms with van der Waals surface area (Å²) in [7, 11) is 0. The number of carbonyl (C=O) groups is 4. The molecule has 6 fully saturated rings. The Bertz CT molecular complexity index is 2860. The SMILES string of the molecule is O=C1CC[C@H](N2Cc3c(ccc4c3OCC43CCN(C4CCC5(CC4)CN(C(=O)CN4CCC(c6ccc7c(c6)C6(CCCCC6)c6nc(=O)c8c(Cl)cccc8n6-7)CC4)C5)CC3)C2=O)C(=O)N1. The summed E-state index contributed by atoms with van der Waals surface area (Å²) in [5.41, 5.74) is 7.07. The van der Waals surface area contributed by atoms with Gasteiger partial charge < -0.3 is 19.4 Å². The quantitative estimate of drug-likeness (QED) is 0.216. The Kier molecular flexibility index (Phi) is 10.1. The lowest BCUT2D eigenvalue weighted by Crippen LogP contribution is -2.62. The van der Waals surface area contributed by atoms with Gasteiger partial charge in [0.05, 0.1) is 46.7 Å². The standard InChI is InChI=1S/C54H60ClN7O6/c55-40-5-4-6-42-46(40)49(66)57-51-54(17-2-1-3-18-54)39-27-34(7-10-41(39)62(42)51)33-15-23-58(24-16-33)29-45(64)60-30-52(31-60)19-13-35(14-20-52)59-25-21-53(22-26-59)32-68-47-37-28-61(43-11-12-44(63)56-48(43)65)50(67)36(37)8-9-38(47)53/h4-10,27,33,35,43H,1-3,11-26,28-32H2,(H,56,63,65)/t43-/m0/s1. The highest BCUT2D eigenvalue weighted by molar-refractivity contribution is 6.35. The van der Waals surface area contributed by atoms with Gasteiger partial charge in [-0.05, 0) is 138 Å². The summed E-state index contributed by atoms with van der Waals surface area (Å²) >= 11 is 6.59. The number of amides is 4. The van der Waals surface area contributed by atoms with Crippen molar-refractivity contribution in [2.24, 2.45) is 5.41 Å². The third kappa shape index (κ3) is 6.60. The number of rotatable bonds is 5. The Labute approximate surface area is 401 Å². The lowest BCUT2D eigenvalue weighted by atomic mass is 9.66. The molecule has 8 heterocycles. The minimum absolute atomic E-state index is 0.0630. The van der Waals surface area contributed by atoms with Crippen LogP contribution >= 0.6 is 11.6 Å². The summed E-state index contributed by atoms with van der Waals surface area (Å²) in [4.78, 5) is 78.6. The van der Waals surface area contributed by atoms with Gasteiger partial charge in [-0.1, -0.05) is 55.1 Å². The molecule has 0 unspecified atom stereocenters. The van der Waals surface area contributed by atoms with Crippen LogP contribution in [0.1, 0.15) is 141 Å². The van der Waals surface area contributed by atoms with Crippen molar-refractivity contribution in [1.29, 1.82) is 0 Å². The Morgan fingerprint density at radius 2 is 1.62 bits per heavy atom. The molecule has 3 aromatic carbocycles. The maximum atomic E-state index is 13.7. The number of fused-ring (bicyclic) bond motifs is 11. The third-order valence-corrected chi connectivity index (χ3v) is 18.9. The zero-order valence-electron chi connectivity index (χ0n) is 38.8. The van der Waals surface area contributed by atoms with E-state index in [1.807, 2.05) is 18.2 Å². The zero-order chi connectivity index (χ0) is 46.1. The molecule has 9 aliphatic rings. The third-order valence-electron chi connectivity index (χ3n) is 18.6. The maximum Gasteiger partial charge on any atom is 0.282 e. The van der Waals surface area contributed by atoms with Gasteiger partial charge in [-0.2, -0.15) is 4.98 Å². The molecule has 1 atom stereocenters. The molecule has 68 heavy (non-hydrogen) atoms. The first-order chi connectivity index (χ1) is 33.0. The number of aromatic nitrogens is 2. The summed E-state index contributed by atoms with van der Waals surface area (Å²) < 4.78 is 8.67. The van der Waals surface area contributed by atoms with E-state index in [9.17, 15) is 24.0 Å². The van der Waals surface area contributed by atoms with E-state index in [0.29, 0.717) is 54.0 Å². The molecular weight excluding hydrogens is 878 g/mol. The van der Waals surface area contributed by atoms with Crippen LogP contribution in [-0.2, 0) is 31.8 Å². The van der Waals surface area contributed by atoms with E-state index in [2.05, 4.69) is 48.8 Å². The number of hydrogen-bond donors (Lipinski definition) is 1. The molecule has 13 rings (SSSR count). The molecule has 13 nitrogen and oxygen atoms in total. The highest BCUT2D eigenvalue weighted by Crippen LogP contribution is 2.54. The van der Waals surface area contributed by atoms with Gasteiger partial charge in [0.2, 0.25) is 17.7 Å². The van der Waals surface area contributed by atoms with Crippen LogP contribution in [0, 0.1) is 5.41 Å². The molecule has 0 radical (unpaired) electrons. The Balaban J connectivity index is 0.594. The summed E-state index contributed by atoms with van der Waals surface area (Å²) in [6.45, 7) is 7.12. The van der Waals surface area contributed by atoms with E-state index in [4.69, 9.17) is 21.3 Å². The highest BCUT2D eigenvalue weighted by atomic mass is 35.5. The molecule has 0 bridgehead atoms. The van der Waals surface area contributed by atoms with Crippen molar-refractivity contribution in [1.82, 2.24) is 34.5 Å². The van der Waals surface area contributed by atoms with E-state index >= 15 is 0 Å². The summed E-state index contributed by atoms with van der Waals surface area (Å²) in [6, 6.07) is 16.7. The molecule has 2 saturated carbocycles. The Morgan fingerprint density at radius 1 is 0.838 bits per heavy atom. The topological polar surface area (TPSA) is 137 Å². The number of nitrogens with zero attached hydrogens (tertiary/aromatic N) is 6. The van der Waals surface area contributed by atoms with Gasteiger partial charge in [0.1, 0.15) is 17.6 Å². The van der Waals surface area contributed by atoms with Crippen molar-refractivity contribution in [2.45, 2.75) is 132 Å². The smallest absolute Gasteiger partial charge is 0.282 e. The Morgan fingerprint density at radius 3 is 2.38 bits per heavy atom. The number of imide groups is 1. The van der Waals surface area contributed by atoms with Gasteiger partial charge in [0.15, 0.2) is 0 Å². The van der Waals surface area contributed by atoms with Gasteiger partial charge in [-0.15, -0.1) is 0 Å². The van der Waals surface area contributed by atoms with Crippen LogP contribution < -0.4 is 15.6 Å². The maximum absolute atomic E-state index is 13.7. The van der Waals surface area contributed by atoms with Crippen LogP contribution in [0.25, 0.3) is 16.6 Å². The molecule has 4 amide bonds. The largest absolute Gasteiger partial charge is 0.492 e. The predicted molar refractivity (Wildman–Crippen MR) is 256 cm³/mol. The average Bonchev–Trinajstić information content (AvgIpc) is 3.96. The van der Waals surface area contributed by atoms with E-state index in [1.54, 1.807) is 11.0 Å². The fourth-order valence-corrected chi connectivity index (χ4v) is 15.0. The second-order valence-electron chi connectivity index (χ2n) is 22.1. The van der Waals surface area contributed by atoms with Crippen LogP contribution in [-0.4, -0.2) is 117 Å². The minimum Gasteiger partial charge on any atom is -0.492 e. The lowest BCUT2D eigenvalue weighted by Gasteiger charge is -2.55. The van der Waals surface area contributed by atoms with Crippen LogP contribution in [0.15, 0.2) is 53.3 Å². The number of hydrogen-bond acceptors (Lipinski definition) is 9. The van der Waals surface area contributed by atoms with Gasteiger partial charge in [-0.3, -0.25) is 38.8 Å². The van der Waals surface area contributed by atoms with Crippen LogP contribution in [0.4, 0.5) is 0 Å². The zero-order valence-corrected chi connectivity index (χ0v) is 39.6. The molecule has 2 aliphatic carbocycles. The fourth-order valence-electron chi connectivity index (χ4n) is 14.7. The Hall–Kier alpha value is -5.11. The number of carbonyl (C=O) groups excluding carboxylic acids is 4. The highest BCUT2D eigenvalue weighted by Gasteiger charge is 2.52. The van der Waals surface area contributed by atoms with Crippen molar-refractivity contribution in [3.05, 3.63) is 97.5 Å². The summed E-state index contributed by atoms with van der Waals surface area (Å²) in [5.74, 6) is 1.59. The van der Waals surface area contributed by atoms with E-state index in [1.165, 1.54) is 48.8 Å². The van der Waals surface area contributed by atoms with Crippen molar-refractivity contribution >= 4 is 46.1 Å². The lowest BCUT2D eigenvalue weighted by molar-refractivity contribution is -0.148. The van der Waals surface area contributed by atoms with Crippen molar-refractivity contribution in [2.75, 3.05) is 52.4 Å². The summed E-state index contributed by atoms with van der Waals surface area (Å²) in [5, 5.41) is 3.35. The number of ether oxygens (including phenoxy) is 1. The first-order valence-electron chi connectivity index (χ1n) is 25.6. The fraction of sp³-hybridized carbons (Fsp3) is 0.556. The second kappa shape index (κ2) is 16.0. The first kappa shape index (κ1) is 43.0. The van der Waals surface area contributed by atoms with Gasteiger partial charge in [0.25, 0.3) is 11.5 Å². The van der Waals surface area contributed by atoms with E-state index in [0.717, 1.165) is 119 Å². The van der Waals surface area contributed by atoms with Crippen LogP contribution in [0.2, 0.25) is 5.02 Å². The molecular formula is C54H60ClN7O6. The number of halogens is 1. The predicted octanol–water partition coefficient (Wildman–Crippen LogP) is 6.74. The molecule has 14 heteroatoms. The van der Waals surface area contributed by atoms with E-state index in [-0.39, 0.29) is 45.9 Å². The first-order valence-corrected chi connectivity index (χ1v) is 25.9. The second-order valence-corrected chi connectivity index (χ2v) is 22.5. The molecule has 1 aromatic heterocycles. The summed E-state index contributed by atoms with van der Waals surface area (Å²) in [6.07, 6.45) is 14.8. The molecule has 7 aliphatic heterocycles. The molecule has 4 saturated heterocycles. The van der Waals surface area contributed by atoms with E-state index < -0.39 is 11.9 Å². The number of likely N-dealkylation sites (tertiary alicyclic amines) is 3. The monoisotopic (exact) mass is 937 g/mol. The van der Waals surface area contributed by atoms with Gasteiger partial charge >= 0.3 is 0 Å². The van der Waals surface area contributed by atoms with Gasteiger partial charge in [-0.25, -0.2) is 0 Å². The van der Waals surface area contributed by atoms with Crippen molar-refractivity contribution in [3.8, 4) is 11.4 Å². The van der Waals surface area contributed by atoms with Crippen molar-refractivity contribution in [3.63, 3.8) is 0 Å².